The molecule has 1 fully saturated rings. The summed E-state index contributed by atoms with van der Waals surface area (Å²) in [6, 6.07) is 3.80. The highest BCUT2D eigenvalue weighted by atomic mass is 16.6. The van der Waals surface area contributed by atoms with Crippen LogP contribution in [0.3, 0.4) is 0 Å². The van der Waals surface area contributed by atoms with Gasteiger partial charge < -0.3 is 15.0 Å². The van der Waals surface area contributed by atoms with Gasteiger partial charge in [0.1, 0.15) is 11.4 Å². The third-order valence-electron chi connectivity index (χ3n) is 4.25. The lowest BCUT2D eigenvalue weighted by Gasteiger charge is -2.21. The minimum atomic E-state index is -0.513. The van der Waals surface area contributed by atoms with Crippen LogP contribution in [-0.2, 0) is 4.74 Å². The first-order valence-electron chi connectivity index (χ1n) is 9.56. The molecule has 0 unspecified atom stereocenters. The van der Waals surface area contributed by atoms with Gasteiger partial charge in [-0.2, -0.15) is 0 Å². The molecule has 0 atom stereocenters. The van der Waals surface area contributed by atoms with E-state index >= 15 is 0 Å². The summed E-state index contributed by atoms with van der Waals surface area (Å²) in [6.07, 6.45) is 7.14. The molecule has 1 aliphatic rings. The Labute approximate surface area is 156 Å². The molecule has 26 heavy (non-hydrogen) atoms. The van der Waals surface area contributed by atoms with E-state index < -0.39 is 11.7 Å². The summed E-state index contributed by atoms with van der Waals surface area (Å²) in [5.41, 5.74) is 0.113. The van der Waals surface area contributed by atoms with E-state index in [-0.39, 0.29) is 5.78 Å². The number of hydrogen-bond acceptors (Lipinski definition) is 5. The number of ketones is 1. The highest BCUT2D eigenvalue weighted by Crippen LogP contribution is 2.18. The summed E-state index contributed by atoms with van der Waals surface area (Å²) in [4.78, 5) is 30.6. The van der Waals surface area contributed by atoms with Crippen molar-refractivity contribution in [2.24, 2.45) is 0 Å². The van der Waals surface area contributed by atoms with Gasteiger partial charge in [0.25, 0.3) is 0 Å². The molecule has 0 aliphatic carbocycles. The quantitative estimate of drug-likeness (QED) is 0.613. The Morgan fingerprint density at radius 3 is 2.42 bits per heavy atom. The molecule has 0 bridgehead atoms. The molecular formula is C20H31N3O3. The van der Waals surface area contributed by atoms with Gasteiger partial charge >= 0.3 is 6.09 Å². The monoisotopic (exact) mass is 361 g/mol. The fourth-order valence-electron chi connectivity index (χ4n) is 2.94. The van der Waals surface area contributed by atoms with Crippen LogP contribution >= 0.6 is 0 Å². The van der Waals surface area contributed by atoms with Gasteiger partial charge in [-0.1, -0.05) is 12.8 Å². The Hall–Kier alpha value is -2.11. The zero-order chi connectivity index (χ0) is 19.0. The minimum absolute atomic E-state index is 0.0471. The molecule has 1 N–H and O–H groups in total. The third kappa shape index (κ3) is 7.02. The number of amides is 1. The van der Waals surface area contributed by atoms with Crippen LogP contribution < -0.4 is 10.2 Å². The lowest BCUT2D eigenvalue weighted by Crippen LogP contribution is -2.33. The van der Waals surface area contributed by atoms with Crippen molar-refractivity contribution in [2.75, 3.05) is 24.5 Å². The van der Waals surface area contributed by atoms with Crippen molar-refractivity contribution >= 4 is 17.7 Å². The molecule has 6 nitrogen and oxygen atoms in total. The molecule has 1 saturated heterocycles. The molecule has 0 aromatic carbocycles. The number of rotatable bonds is 6. The van der Waals surface area contributed by atoms with E-state index in [1.54, 1.807) is 6.20 Å². The number of anilines is 1. The first-order chi connectivity index (χ1) is 12.3. The lowest BCUT2D eigenvalue weighted by atomic mass is 10.1. The largest absolute Gasteiger partial charge is 0.444 e. The van der Waals surface area contributed by atoms with Crippen LogP contribution in [0.2, 0.25) is 0 Å². The van der Waals surface area contributed by atoms with E-state index in [0.717, 1.165) is 18.9 Å². The molecule has 1 aliphatic heterocycles. The van der Waals surface area contributed by atoms with Crippen molar-refractivity contribution < 1.29 is 14.3 Å². The molecule has 6 heteroatoms. The van der Waals surface area contributed by atoms with Crippen LogP contribution in [0, 0.1) is 0 Å². The zero-order valence-corrected chi connectivity index (χ0v) is 16.2. The fraction of sp³-hybridized carbons (Fsp3) is 0.650. The van der Waals surface area contributed by atoms with E-state index in [4.69, 9.17) is 4.74 Å². The predicted molar refractivity (Wildman–Crippen MR) is 103 cm³/mol. The van der Waals surface area contributed by atoms with Gasteiger partial charge in [-0.15, -0.1) is 0 Å². The van der Waals surface area contributed by atoms with Gasteiger partial charge in [-0.05, 0) is 52.2 Å². The van der Waals surface area contributed by atoms with Gasteiger partial charge in [0.15, 0.2) is 5.78 Å². The Balaban J connectivity index is 1.74. The van der Waals surface area contributed by atoms with E-state index in [0.29, 0.717) is 24.9 Å². The van der Waals surface area contributed by atoms with Crippen LogP contribution in [0.25, 0.3) is 0 Å². The van der Waals surface area contributed by atoms with Crippen LogP contribution in [0.5, 0.6) is 0 Å². The van der Waals surface area contributed by atoms with E-state index in [1.807, 2.05) is 32.9 Å². The number of carbonyl (C=O) groups excluding carboxylic acids is 2. The van der Waals surface area contributed by atoms with Crippen molar-refractivity contribution in [1.82, 2.24) is 10.3 Å². The molecule has 2 rings (SSSR count). The number of alkyl carbamates (subject to hydrolysis) is 1. The number of Topliss-reactive ketones (excluding diaryl/α,β-unsaturated/α-hetero) is 1. The van der Waals surface area contributed by atoms with Gasteiger partial charge in [0.2, 0.25) is 0 Å². The predicted octanol–water partition coefficient (Wildman–Crippen LogP) is 3.95. The topological polar surface area (TPSA) is 71.5 Å². The van der Waals surface area contributed by atoms with E-state index in [9.17, 15) is 9.59 Å². The third-order valence-corrected chi connectivity index (χ3v) is 4.25. The van der Waals surface area contributed by atoms with E-state index in [2.05, 4.69) is 15.2 Å². The molecule has 1 aromatic rings. The molecule has 1 aromatic heterocycles. The number of nitrogens with zero attached hydrogens (tertiary/aromatic N) is 2. The Morgan fingerprint density at radius 1 is 1.15 bits per heavy atom. The Bertz CT molecular complexity index is 585. The first-order valence-corrected chi connectivity index (χ1v) is 9.56. The standard InChI is InChI=1S/C20H31N3O3/c1-20(2,3)26-19(25)21-12-8-9-17(24)16-10-11-18(22-15-16)23-13-6-4-5-7-14-23/h10-11,15H,4-9,12-14H2,1-3H3,(H,21,25). The van der Waals surface area contributed by atoms with Gasteiger partial charge in [-0.25, -0.2) is 9.78 Å². The molecule has 144 valence electrons. The second-order valence-corrected chi connectivity index (χ2v) is 7.76. The minimum Gasteiger partial charge on any atom is -0.444 e. The van der Waals surface area contributed by atoms with E-state index in [1.165, 1.54) is 25.7 Å². The maximum Gasteiger partial charge on any atom is 0.407 e. The fourth-order valence-corrected chi connectivity index (χ4v) is 2.94. The van der Waals surface area contributed by atoms with Crippen molar-refractivity contribution in [3.63, 3.8) is 0 Å². The van der Waals surface area contributed by atoms with Gasteiger partial charge in [0.05, 0.1) is 0 Å². The first kappa shape index (κ1) is 20.2. The van der Waals surface area contributed by atoms with Crippen molar-refractivity contribution in [2.45, 2.75) is 64.9 Å². The highest BCUT2D eigenvalue weighted by molar-refractivity contribution is 5.95. The summed E-state index contributed by atoms with van der Waals surface area (Å²) in [6.45, 7) is 7.95. The number of carbonyl (C=O) groups is 2. The van der Waals surface area contributed by atoms with Crippen molar-refractivity contribution in [3.05, 3.63) is 23.9 Å². The highest BCUT2D eigenvalue weighted by Gasteiger charge is 2.16. The number of hydrogen-bond donors (Lipinski definition) is 1. The van der Waals surface area contributed by atoms with Crippen LogP contribution in [0.1, 0.15) is 69.7 Å². The Kier molecular flexibility index (Phi) is 7.42. The normalized spacial score (nSPS) is 15.3. The second-order valence-electron chi connectivity index (χ2n) is 7.76. The summed E-state index contributed by atoms with van der Waals surface area (Å²) in [7, 11) is 0. The maximum atomic E-state index is 12.3. The summed E-state index contributed by atoms with van der Waals surface area (Å²) < 4.78 is 5.16. The Morgan fingerprint density at radius 2 is 1.85 bits per heavy atom. The van der Waals surface area contributed by atoms with Crippen LogP contribution in [-0.4, -0.2) is 42.1 Å². The van der Waals surface area contributed by atoms with Gasteiger partial charge in [-0.3, -0.25) is 4.79 Å². The zero-order valence-electron chi connectivity index (χ0n) is 16.2. The second kappa shape index (κ2) is 9.55. The van der Waals surface area contributed by atoms with Crippen molar-refractivity contribution in [1.29, 1.82) is 0 Å². The van der Waals surface area contributed by atoms with Crippen molar-refractivity contribution in [3.8, 4) is 0 Å². The summed E-state index contributed by atoms with van der Waals surface area (Å²) >= 11 is 0. The molecule has 2 heterocycles. The lowest BCUT2D eigenvalue weighted by molar-refractivity contribution is 0.0525. The smallest absolute Gasteiger partial charge is 0.407 e. The average molecular weight is 361 g/mol. The van der Waals surface area contributed by atoms with Crippen LogP contribution in [0.15, 0.2) is 18.3 Å². The molecule has 1 amide bonds. The number of aromatic nitrogens is 1. The summed E-state index contributed by atoms with van der Waals surface area (Å²) in [5.74, 6) is 1.00. The van der Waals surface area contributed by atoms with Gasteiger partial charge in [0, 0.05) is 37.8 Å². The number of pyridine rings is 1. The molecule has 0 spiro atoms. The van der Waals surface area contributed by atoms with Crippen LogP contribution in [0.4, 0.5) is 10.6 Å². The maximum absolute atomic E-state index is 12.3. The molecular weight excluding hydrogens is 330 g/mol. The number of nitrogens with one attached hydrogen (secondary N) is 1. The SMILES string of the molecule is CC(C)(C)OC(=O)NCCCC(=O)c1ccc(N2CCCCCC2)nc1. The molecule has 0 saturated carbocycles. The average Bonchev–Trinajstić information content (AvgIpc) is 2.86. The summed E-state index contributed by atoms with van der Waals surface area (Å²) in [5, 5.41) is 2.67. The molecule has 0 radical (unpaired) electrons. The number of ether oxygens (including phenoxy) is 1.